The quantitative estimate of drug-likeness (QED) is 0.303. The Balaban J connectivity index is 1.57. The van der Waals surface area contributed by atoms with Crippen LogP contribution in [0.5, 0.6) is 11.5 Å². The van der Waals surface area contributed by atoms with Crippen LogP contribution >= 0.6 is 19.0 Å². The van der Waals surface area contributed by atoms with Crippen LogP contribution in [0.4, 0.5) is 0 Å². The predicted molar refractivity (Wildman–Crippen MR) is 118 cm³/mol. The van der Waals surface area contributed by atoms with E-state index < -0.39 is 7.73 Å². The second-order valence-corrected chi connectivity index (χ2v) is 7.74. The molecule has 0 unspecified atom stereocenters. The van der Waals surface area contributed by atoms with Crippen LogP contribution in [-0.2, 0) is 0 Å². The summed E-state index contributed by atoms with van der Waals surface area (Å²) in [5.41, 5.74) is 4.11. The molecule has 0 bridgehead atoms. The fraction of sp³-hybridized carbons (Fsp3) is 0. The van der Waals surface area contributed by atoms with Gasteiger partial charge >= 0.3 is 7.73 Å². The molecule has 0 aliphatic heterocycles. The van der Waals surface area contributed by atoms with Gasteiger partial charge in [0, 0.05) is 11.1 Å². The summed E-state index contributed by atoms with van der Waals surface area (Å²) in [5, 5.41) is 0. The number of hydrogen-bond donors (Lipinski definition) is 0. The zero-order chi connectivity index (χ0) is 19.2. The Labute approximate surface area is 171 Å². The summed E-state index contributed by atoms with van der Waals surface area (Å²) in [5.74, 6) is 1.40. The minimum absolute atomic E-state index is 0.701. The van der Waals surface area contributed by atoms with Gasteiger partial charge in [0.25, 0.3) is 0 Å². The standard InChI is InChI=1S/C24H18ClO2P/c25-28(26-23-17-9-7-15-21(23)19-11-3-1-4-12-19)27-24-18-10-8-16-22(24)20-13-5-2-6-14-20/h1-18H. The molecule has 0 fully saturated rings. The van der Waals surface area contributed by atoms with Crippen molar-refractivity contribution >= 4 is 19.0 Å². The molecular weight excluding hydrogens is 387 g/mol. The van der Waals surface area contributed by atoms with Crippen LogP contribution < -0.4 is 9.05 Å². The Morgan fingerprint density at radius 2 is 0.821 bits per heavy atom. The van der Waals surface area contributed by atoms with E-state index in [0.29, 0.717) is 11.5 Å². The van der Waals surface area contributed by atoms with Gasteiger partial charge in [-0.3, -0.25) is 0 Å². The average Bonchev–Trinajstić information content (AvgIpc) is 2.76. The third kappa shape index (κ3) is 4.36. The summed E-state index contributed by atoms with van der Waals surface area (Å²) in [6.45, 7) is 0. The lowest BCUT2D eigenvalue weighted by molar-refractivity contribution is 0.510. The number of halogens is 1. The molecule has 0 amide bonds. The van der Waals surface area contributed by atoms with Crippen LogP contribution in [0.3, 0.4) is 0 Å². The van der Waals surface area contributed by atoms with Gasteiger partial charge in [-0.1, -0.05) is 97.1 Å². The zero-order valence-corrected chi connectivity index (χ0v) is 16.7. The highest BCUT2D eigenvalue weighted by molar-refractivity contribution is 7.76. The normalized spacial score (nSPS) is 10.6. The zero-order valence-electron chi connectivity index (χ0n) is 15.0. The van der Waals surface area contributed by atoms with E-state index in [9.17, 15) is 0 Å². The van der Waals surface area contributed by atoms with E-state index in [1.54, 1.807) is 0 Å². The predicted octanol–water partition coefficient (Wildman–Crippen LogP) is 7.94. The SMILES string of the molecule is ClP(Oc1ccccc1-c1ccccc1)Oc1ccccc1-c1ccccc1. The third-order valence-electron chi connectivity index (χ3n) is 4.28. The van der Waals surface area contributed by atoms with Crippen molar-refractivity contribution < 1.29 is 9.05 Å². The van der Waals surface area contributed by atoms with Gasteiger partial charge in [-0.2, -0.15) is 0 Å². The summed E-state index contributed by atoms with van der Waals surface area (Å²) >= 11 is 6.49. The first-order chi connectivity index (χ1) is 13.8. The maximum Gasteiger partial charge on any atom is 0.401 e. The monoisotopic (exact) mass is 404 g/mol. The Bertz CT molecular complexity index is 953. The molecule has 0 saturated carbocycles. The topological polar surface area (TPSA) is 18.5 Å². The van der Waals surface area contributed by atoms with E-state index in [-0.39, 0.29) is 0 Å². The second kappa shape index (κ2) is 8.93. The average molecular weight is 405 g/mol. The molecule has 28 heavy (non-hydrogen) atoms. The van der Waals surface area contributed by atoms with Crippen molar-refractivity contribution in [2.24, 2.45) is 0 Å². The van der Waals surface area contributed by atoms with E-state index in [0.717, 1.165) is 22.3 Å². The molecule has 0 aliphatic carbocycles. The highest BCUT2D eigenvalue weighted by Gasteiger charge is 2.17. The van der Waals surface area contributed by atoms with Crippen LogP contribution in [0, 0.1) is 0 Å². The molecular formula is C24H18ClO2P. The molecule has 0 heterocycles. The number of para-hydroxylation sites is 2. The van der Waals surface area contributed by atoms with Gasteiger partial charge in [0.15, 0.2) is 0 Å². The fourth-order valence-electron chi connectivity index (χ4n) is 2.98. The molecule has 0 radical (unpaired) electrons. The van der Waals surface area contributed by atoms with Crippen molar-refractivity contribution in [2.75, 3.05) is 0 Å². The van der Waals surface area contributed by atoms with E-state index in [2.05, 4.69) is 0 Å². The Morgan fingerprint density at radius 3 is 1.25 bits per heavy atom. The van der Waals surface area contributed by atoms with E-state index in [1.807, 2.05) is 109 Å². The van der Waals surface area contributed by atoms with E-state index >= 15 is 0 Å². The van der Waals surface area contributed by atoms with Gasteiger partial charge in [-0.05, 0) is 34.5 Å². The minimum Gasteiger partial charge on any atom is -0.427 e. The smallest absolute Gasteiger partial charge is 0.401 e. The van der Waals surface area contributed by atoms with Crippen LogP contribution in [0.2, 0.25) is 0 Å². The van der Waals surface area contributed by atoms with Gasteiger partial charge in [0.05, 0.1) is 0 Å². The molecule has 2 nitrogen and oxygen atoms in total. The van der Waals surface area contributed by atoms with Gasteiger partial charge in [-0.15, -0.1) is 0 Å². The molecule has 4 aromatic carbocycles. The van der Waals surface area contributed by atoms with Crippen LogP contribution in [0.25, 0.3) is 22.3 Å². The lowest BCUT2D eigenvalue weighted by Crippen LogP contribution is -1.94. The maximum atomic E-state index is 6.49. The maximum absolute atomic E-state index is 6.49. The van der Waals surface area contributed by atoms with Crippen molar-refractivity contribution in [1.82, 2.24) is 0 Å². The fourth-order valence-corrected chi connectivity index (χ4v) is 4.09. The van der Waals surface area contributed by atoms with Crippen LogP contribution in [-0.4, -0.2) is 0 Å². The number of hydrogen-bond acceptors (Lipinski definition) is 2. The van der Waals surface area contributed by atoms with Crippen molar-refractivity contribution in [2.45, 2.75) is 0 Å². The highest BCUT2D eigenvalue weighted by atomic mass is 35.7. The minimum atomic E-state index is -1.67. The first-order valence-corrected chi connectivity index (χ1v) is 11.0. The second-order valence-electron chi connectivity index (χ2n) is 6.12. The lowest BCUT2D eigenvalue weighted by atomic mass is 10.1. The molecule has 0 atom stereocenters. The molecule has 0 aliphatic rings. The third-order valence-corrected chi connectivity index (χ3v) is 5.38. The number of benzene rings is 4. The summed E-state index contributed by atoms with van der Waals surface area (Å²) in [6, 6.07) is 35.9. The molecule has 138 valence electrons. The summed E-state index contributed by atoms with van der Waals surface area (Å²) in [6.07, 6.45) is 0. The van der Waals surface area contributed by atoms with Crippen molar-refractivity contribution in [1.29, 1.82) is 0 Å². The van der Waals surface area contributed by atoms with E-state index in [4.69, 9.17) is 20.3 Å². The molecule has 4 heteroatoms. The Morgan fingerprint density at radius 1 is 0.464 bits per heavy atom. The largest absolute Gasteiger partial charge is 0.427 e. The summed E-state index contributed by atoms with van der Waals surface area (Å²) < 4.78 is 12.0. The molecule has 0 aromatic heterocycles. The highest BCUT2D eigenvalue weighted by Crippen LogP contribution is 2.48. The Kier molecular flexibility index (Phi) is 5.92. The van der Waals surface area contributed by atoms with Gasteiger partial charge in [0.2, 0.25) is 0 Å². The molecule has 0 spiro atoms. The van der Waals surface area contributed by atoms with Gasteiger partial charge in [0.1, 0.15) is 11.5 Å². The van der Waals surface area contributed by atoms with Crippen molar-refractivity contribution in [3.63, 3.8) is 0 Å². The van der Waals surface area contributed by atoms with Crippen molar-refractivity contribution in [3.05, 3.63) is 109 Å². The lowest BCUT2D eigenvalue weighted by Gasteiger charge is -2.17. The molecule has 0 N–H and O–H groups in total. The Hall–Kier alpha value is -2.80. The van der Waals surface area contributed by atoms with Gasteiger partial charge < -0.3 is 9.05 Å². The van der Waals surface area contributed by atoms with Gasteiger partial charge in [-0.25, -0.2) is 0 Å². The van der Waals surface area contributed by atoms with Crippen LogP contribution in [0.15, 0.2) is 109 Å². The van der Waals surface area contributed by atoms with Crippen molar-refractivity contribution in [3.8, 4) is 33.8 Å². The first-order valence-electron chi connectivity index (χ1n) is 8.92. The molecule has 4 rings (SSSR count). The molecule has 0 saturated heterocycles. The first kappa shape index (κ1) is 18.6. The van der Waals surface area contributed by atoms with Crippen LogP contribution in [0.1, 0.15) is 0 Å². The molecule has 4 aromatic rings. The number of rotatable bonds is 6. The summed E-state index contributed by atoms with van der Waals surface area (Å²) in [7, 11) is -1.67. The summed E-state index contributed by atoms with van der Waals surface area (Å²) in [4.78, 5) is 0. The van der Waals surface area contributed by atoms with E-state index in [1.165, 1.54) is 0 Å².